The molecule has 2 aliphatic rings. The van der Waals surface area contributed by atoms with Crippen molar-refractivity contribution in [3.05, 3.63) is 24.5 Å². The van der Waals surface area contributed by atoms with Crippen molar-refractivity contribution < 1.29 is 5.11 Å². The van der Waals surface area contributed by atoms with Gasteiger partial charge in [-0.3, -0.25) is 0 Å². The quantitative estimate of drug-likeness (QED) is 0.771. The monoisotopic (exact) mass is 270 g/mol. The summed E-state index contributed by atoms with van der Waals surface area (Å²) in [5.74, 6) is 0.995. The van der Waals surface area contributed by atoms with E-state index in [0.29, 0.717) is 12.1 Å². The van der Waals surface area contributed by atoms with E-state index in [9.17, 15) is 5.11 Å². The highest BCUT2D eigenvalue weighted by atomic mass is 16.3. The molecule has 0 aliphatic carbocycles. The fourth-order valence-electron chi connectivity index (χ4n) is 3.76. The molecule has 5 nitrogen and oxygen atoms in total. The first-order valence-corrected chi connectivity index (χ1v) is 7.19. The van der Waals surface area contributed by atoms with Crippen LogP contribution in [0.1, 0.15) is 25.7 Å². The molecule has 5 heteroatoms. The molecule has 3 N–H and O–H groups in total. The van der Waals surface area contributed by atoms with Crippen LogP contribution in [0.2, 0.25) is 0 Å². The smallest absolute Gasteiger partial charge is 0.140 e. The van der Waals surface area contributed by atoms with Crippen LogP contribution in [-0.4, -0.2) is 33.3 Å². The van der Waals surface area contributed by atoms with Crippen LogP contribution in [0.15, 0.2) is 24.5 Å². The fourth-order valence-corrected chi connectivity index (χ4v) is 3.76. The lowest BCUT2D eigenvalue weighted by Gasteiger charge is -2.38. The van der Waals surface area contributed by atoms with E-state index < -0.39 is 0 Å². The number of nitrogen functional groups attached to an aromatic ring is 1. The molecule has 2 unspecified atom stereocenters. The molecular formula is C15H18N4O. The molecule has 104 valence electrons. The molecule has 1 aromatic carbocycles. The minimum Gasteiger partial charge on any atom is -0.399 e. The van der Waals surface area contributed by atoms with Gasteiger partial charge in [-0.05, 0) is 43.9 Å². The third kappa shape index (κ3) is 1.73. The van der Waals surface area contributed by atoms with Gasteiger partial charge in [0.25, 0.3) is 0 Å². The number of aromatic nitrogens is 2. The first-order chi connectivity index (χ1) is 9.72. The Hall–Kier alpha value is -1.88. The van der Waals surface area contributed by atoms with E-state index in [0.717, 1.165) is 48.1 Å². The van der Waals surface area contributed by atoms with Crippen LogP contribution in [0.3, 0.4) is 0 Å². The average Bonchev–Trinajstić information content (AvgIpc) is 2.69. The van der Waals surface area contributed by atoms with Crippen molar-refractivity contribution >= 4 is 22.4 Å². The van der Waals surface area contributed by atoms with E-state index in [2.05, 4.69) is 14.9 Å². The summed E-state index contributed by atoms with van der Waals surface area (Å²) < 4.78 is 0. The molecule has 4 rings (SSSR count). The van der Waals surface area contributed by atoms with E-state index in [1.807, 2.05) is 18.2 Å². The Balaban J connectivity index is 1.83. The van der Waals surface area contributed by atoms with Crippen molar-refractivity contribution in [2.24, 2.45) is 0 Å². The summed E-state index contributed by atoms with van der Waals surface area (Å²) in [6.07, 6.45) is 5.42. The topological polar surface area (TPSA) is 75.3 Å². The molecule has 0 spiro atoms. The SMILES string of the molecule is Nc1ccc2c(N3C4CCC3CC(O)C4)ncnc2c1. The normalized spacial score (nSPS) is 29.1. The molecule has 0 radical (unpaired) electrons. The Bertz CT molecular complexity index is 645. The van der Waals surface area contributed by atoms with E-state index >= 15 is 0 Å². The van der Waals surface area contributed by atoms with Gasteiger partial charge in [-0.25, -0.2) is 9.97 Å². The van der Waals surface area contributed by atoms with Gasteiger partial charge in [0.2, 0.25) is 0 Å². The van der Waals surface area contributed by atoms with Crippen LogP contribution < -0.4 is 10.6 Å². The second kappa shape index (κ2) is 4.31. The van der Waals surface area contributed by atoms with E-state index in [1.54, 1.807) is 6.33 Å². The van der Waals surface area contributed by atoms with Gasteiger partial charge in [0.15, 0.2) is 0 Å². The third-order valence-electron chi connectivity index (χ3n) is 4.59. The Kier molecular flexibility index (Phi) is 2.57. The van der Waals surface area contributed by atoms with Crippen LogP contribution in [-0.2, 0) is 0 Å². The highest BCUT2D eigenvalue weighted by Crippen LogP contribution is 2.40. The Morgan fingerprint density at radius 3 is 2.65 bits per heavy atom. The zero-order valence-corrected chi connectivity index (χ0v) is 11.2. The molecular weight excluding hydrogens is 252 g/mol. The first-order valence-electron chi connectivity index (χ1n) is 7.19. The zero-order valence-electron chi connectivity index (χ0n) is 11.2. The van der Waals surface area contributed by atoms with E-state index in [4.69, 9.17) is 5.73 Å². The maximum absolute atomic E-state index is 9.93. The van der Waals surface area contributed by atoms with Crippen molar-refractivity contribution in [2.75, 3.05) is 10.6 Å². The largest absolute Gasteiger partial charge is 0.399 e. The van der Waals surface area contributed by atoms with Crippen LogP contribution in [0.4, 0.5) is 11.5 Å². The number of anilines is 2. The number of rotatable bonds is 1. The van der Waals surface area contributed by atoms with Crippen LogP contribution in [0, 0.1) is 0 Å². The lowest BCUT2D eigenvalue weighted by Crippen LogP contribution is -2.45. The molecule has 3 heterocycles. The Morgan fingerprint density at radius 2 is 1.90 bits per heavy atom. The fraction of sp³-hybridized carbons (Fsp3) is 0.467. The number of hydrogen-bond donors (Lipinski definition) is 2. The summed E-state index contributed by atoms with van der Waals surface area (Å²) in [7, 11) is 0. The first kappa shape index (κ1) is 11.9. The van der Waals surface area contributed by atoms with Gasteiger partial charge in [-0.15, -0.1) is 0 Å². The highest BCUT2D eigenvalue weighted by Gasteiger charge is 2.41. The number of benzene rings is 1. The summed E-state index contributed by atoms with van der Waals surface area (Å²) >= 11 is 0. The van der Waals surface area contributed by atoms with Gasteiger partial charge >= 0.3 is 0 Å². The lowest BCUT2D eigenvalue weighted by molar-refractivity contribution is 0.126. The number of fused-ring (bicyclic) bond motifs is 3. The average molecular weight is 270 g/mol. The standard InChI is InChI=1S/C15H18N4O/c16-9-1-4-13-14(5-9)17-8-18-15(13)19-10-2-3-11(19)7-12(20)6-10/h1,4-5,8,10-12,20H,2-3,6-7,16H2. The van der Waals surface area contributed by atoms with Gasteiger partial charge in [0.1, 0.15) is 12.1 Å². The summed E-state index contributed by atoms with van der Waals surface area (Å²) in [5, 5.41) is 11.0. The molecule has 2 bridgehead atoms. The van der Waals surface area contributed by atoms with Gasteiger partial charge in [-0.2, -0.15) is 0 Å². The van der Waals surface area contributed by atoms with Crippen molar-refractivity contribution in [1.82, 2.24) is 9.97 Å². The molecule has 2 aliphatic heterocycles. The Morgan fingerprint density at radius 1 is 1.15 bits per heavy atom. The predicted molar refractivity (Wildman–Crippen MR) is 78.5 cm³/mol. The molecule has 2 atom stereocenters. The zero-order chi connectivity index (χ0) is 13.7. The highest BCUT2D eigenvalue weighted by molar-refractivity contribution is 5.91. The van der Waals surface area contributed by atoms with E-state index in [-0.39, 0.29) is 6.10 Å². The maximum atomic E-state index is 9.93. The lowest BCUT2D eigenvalue weighted by atomic mass is 9.99. The molecule has 20 heavy (non-hydrogen) atoms. The predicted octanol–water partition coefficient (Wildman–Crippen LogP) is 1.70. The molecule has 2 aromatic rings. The number of nitrogens with two attached hydrogens (primary N) is 1. The number of nitrogens with zero attached hydrogens (tertiary/aromatic N) is 3. The number of hydrogen-bond acceptors (Lipinski definition) is 5. The van der Waals surface area contributed by atoms with Crippen LogP contribution >= 0.6 is 0 Å². The maximum Gasteiger partial charge on any atom is 0.140 e. The van der Waals surface area contributed by atoms with Crippen LogP contribution in [0.5, 0.6) is 0 Å². The summed E-state index contributed by atoms with van der Waals surface area (Å²) in [4.78, 5) is 11.2. The molecule has 2 fully saturated rings. The molecule has 2 saturated heterocycles. The second-order valence-corrected chi connectivity index (χ2v) is 5.89. The second-order valence-electron chi connectivity index (χ2n) is 5.89. The van der Waals surface area contributed by atoms with Crippen molar-refractivity contribution in [2.45, 2.75) is 43.9 Å². The number of piperidine rings is 1. The summed E-state index contributed by atoms with van der Waals surface area (Å²) in [6, 6.07) is 6.60. The van der Waals surface area contributed by atoms with Crippen molar-refractivity contribution in [1.29, 1.82) is 0 Å². The summed E-state index contributed by atoms with van der Waals surface area (Å²) in [5.41, 5.74) is 7.44. The summed E-state index contributed by atoms with van der Waals surface area (Å²) in [6.45, 7) is 0. The van der Waals surface area contributed by atoms with Gasteiger partial charge in [0, 0.05) is 23.2 Å². The number of aliphatic hydroxyl groups is 1. The third-order valence-corrected chi connectivity index (χ3v) is 4.59. The van der Waals surface area contributed by atoms with Crippen molar-refractivity contribution in [3.8, 4) is 0 Å². The molecule has 0 saturated carbocycles. The molecule has 1 aromatic heterocycles. The number of aliphatic hydroxyl groups excluding tert-OH is 1. The van der Waals surface area contributed by atoms with Gasteiger partial charge < -0.3 is 15.7 Å². The van der Waals surface area contributed by atoms with Gasteiger partial charge in [0.05, 0.1) is 11.6 Å². The molecule has 0 amide bonds. The van der Waals surface area contributed by atoms with Gasteiger partial charge in [-0.1, -0.05) is 0 Å². The minimum atomic E-state index is -0.160. The van der Waals surface area contributed by atoms with Crippen molar-refractivity contribution in [3.63, 3.8) is 0 Å². The Labute approximate surface area is 117 Å². The van der Waals surface area contributed by atoms with Crippen LogP contribution in [0.25, 0.3) is 10.9 Å². The van der Waals surface area contributed by atoms with E-state index in [1.165, 1.54) is 0 Å². The minimum absolute atomic E-state index is 0.160.